The molecule has 0 radical (unpaired) electrons. The Kier molecular flexibility index (Phi) is 4.74. The minimum atomic E-state index is -2.53. The molecule has 0 heterocycles. The van der Waals surface area contributed by atoms with Gasteiger partial charge in [0.25, 0.3) is 5.91 Å². The highest BCUT2D eigenvalue weighted by Gasteiger charge is 2.59. The zero-order chi connectivity index (χ0) is 21.4. The predicted molar refractivity (Wildman–Crippen MR) is 116 cm³/mol. The summed E-state index contributed by atoms with van der Waals surface area (Å²) in [6, 6.07) is 1.74. The Balaban J connectivity index is 1.94. The number of aromatic hydroxyl groups is 1. The van der Waals surface area contributed by atoms with Crippen LogP contribution in [0.1, 0.15) is 28.8 Å². The number of amides is 1. The van der Waals surface area contributed by atoms with Gasteiger partial charge in [0.2, 0.25) is 5.78 Å². The van der Waals surface area contributed by atoms with Crippen LogP contribution in [-0.2, 0) is 16.0 Å². The Morgan fingerprint density at radius 1 is 1.14 bits per heavy atom. The standard InChI is InChI=1S/C19H15I2NO7/c20-8-4-9(21)14(24)12-7(8)2-5-1-6-3-10(23)13(18(22)28)17(27)19(6,29)16(26)11(5)15(12)25/h4-6,23-24,26,29H,1-3H2,(H2,22,28)/t5-,6+,19+/m1/s1. The van der Waals surface area contributed by atoms with Crippen LogP contribution in [0.4, 0.5) is 0 Å². The molecule has 3 aliphatic rings. The number of phenols is 1. The lowest BCUT2D eigenvalue weighted by molar-refractivity contribution is -0.144. The smallest absolute Gasteiger partial charge is 0.255 e. The van der Waals surface area contributed by atoms with Gasteiger partial charge >= 0.3 is 0 Å². The lowest BCUT2D eigenvalue weighted by Crippen LogP contribution is -2.57. The third-order valence-corrected chi connectivity index (χ3v) is 7.75. The van der Waals surface area contributed by atoms with Gasteiger partial charge in [-0.15, -0.1) is 0 Å². The molecule has 3 atom stereocenters. The number of allylic oxidation sites excluding steroid dienone is 2. The Morgan fingerprint density at radius 2 is 1.79 bits per heavy atom. The number of aliphatic hydroxyl groups excluding tert-OH is 2. The molecule has 0 bridgehead atoms. The molecule has 8 nitrogen and oxygen atoms in total. The number of rotatable bonds is 1. The lowest BCUT2D eigenvalue weighted by atomic mass is 9.60. The predicted octanol–water partition coefficient (Wildman–Crippen LogP) is 1.79. The van der Waals surface area contributed by atoms with E-state index in [1.807, 2.05) is 22.6 Å². The highest BCUT2D eigenvalue weighted by atomic mass is 127. The molecule has 0 spiro atoms. The quantitative estimate of drug-likeness (QED) is 0.236. The van der Waals surface area contributed by atoms with Crippen molar-refractivity contribution in [1.29, 1.82) is 0 Å². The first-order valence-corrected chi connectivity index (χ1v) is 10.8. The van der Waals surface area contributed by atoms with Gasteiger partial charge in [0.15, 0.2) is 11.4 Å². The number of primary amides is 1. The van der Waals surface area contributed by atoms with E-state index < -0.39 is 52.0 Å². The van der Waals surface area contributed by atoms with Crippen molar-refractivity contribution in [1.82, 2.24) is 0 Å². The number of aliphatic hydroxyl groups is 3. The minimum absolute atomic E-state index is 0.0397. The number of Topliss-reactive ketones (excluding diaryl/α,β-unsaturated/α-hetero) is 2. The van der Waals surface area contributed by atoms with Gasteiger partial charge in [-0.2, -0.15) is 0 Å². The van der Waals surface area contributed by atoms with Gasteiger partial charge in [-0.1, -0.05) is 0 Å². The molecule has 3 aliphatic carbocycles. The third kappa shape index (κ3) is 2.68. The SMILES string of the molecule is NC(=O)C1=C(O)C[C@@H]2C[C@@H]3Cc4c(I)cc(I)c(O)c4C(=O)C3=C(O)[C@]2(O)C1=O. The topological polar surface area (TPSA) is 158 Å². The molecular formula is C19H15I2NO7. The van der Waals surface area contributed by atoms with E-state index in [1.165, 1.54) is 0 Å². The van der Waals surface area contributed by atoms with E-state index in [9.17, 15) is 34.8 Å². The minimum Gasteiger partial charge on any atom is -0.511 e. The summed E-state index contributed by atoms with van der Waals surface area (Å²) in [7, 11) is 0. The molecule has 0 saturated carbocycles. The Bertz CT molecular complexity index is 1090. The van der Waals surface area contributed by atoms with Crippen molar-refractivity contribution in [2.75, 3.05) is 0 Å². The molecule has 6 N–H and O–H groups in total. The Labute approximate surface area is 191 Å². The molecule has 0 saturated heterocycles. The normalized spacial score (nSPS) is 28.8. The van der Waals surface area contributed by atoms with E-state index in [4.69, 9.17) is 5.73 Å². The van der Waals surface area contributed by atoms with Crippen LogP contribution in [0.25, 0.3) is 0 Å². The van der Waals surface area contributed by atoms with Crippen molar-refractivity contribution in [3.63, 3.8) is 0 Å². The molecule has 152 valence electrons. The van der Waals surface area contributed by atoms with Gasteiger partial charge in [0, 0.05) is 21.5 Å². The highest BCUT2D eigenvalue weighted by molar-refractivity contribution is 14.1. The first-order valence-electron chi connectivity index (χ1n) is 8.67. The van der Waals surface area contributed by atoms with E-state index in [0.29, 0.717) is 15.6 Å². The maximum absolute atomic E-state index is 13.2. The molecule has 29 heavy (non-hydrogen) atoms. The maximum Gasteiger partial charge on any atom is 0.255 e. The summed E-state index contributed by atoms with van der Waals surface area (Å²) in [5, 5.41) is 42.6. The first-order chi connectivity index (χ1) is 13.5. The van der Waals surface area contributed by atoms with E-state index in [-0.39, 0.29) is 29.7 Å². The van der Waals surface area contributed by atoms with Gasteiger partial charge in [0.1, 0.15) is 22.8 Å². The number of hydrogen-bond acceptors (Lipinski definition) is 7. The number of nitrogens with two attached hydrogens (primary N) is 1. The average Bonchev–Trinajstić information content (AvgIpc) is 2.62. The second-order valence-corrected chi connectivity index (χ2v) is 9.78. The average molecular weight is 623 g/mol. The summed E-state index contributed by atoms with van der Waals surface area (Å²) in [5.74, 6) is -6.12. The summed E-state index contributed by atoms with van der Waals surface area (Å²) in [5.41, 5.74) is 2.39. The fraction of sp³-hybridized carbons (Fsp3) is 0.316. The number of hydrogen-bond donors (Lipinski definition) is 5. The maximum atomic E-state index is 13.2. The second kappa shape index (κ2) is 6.67. The first kappa shape index (κ1) is 20.6. The number of halogens is 2. The Hall–Kier alpha value is -1.67. The fourth-order valence-corrected chi connectivity index (χ4v) is 6.59. The van der Waals surface area contributed by atoms with E-state index in [1.54, 1.807) is 6.07 Å². The summed E-state index contributed by atoms with van der Waals surface area (Å²) < 4.78 is 1.24. The summed E-state index contributed by atoms with van der Waals surface area (Å²) in [6.45, 7) is 0. The number of benzene rings is 1. The molecule has 0 aliphatic heterocycles. The van der Waals surface area contributed by atoms with Crippen LogP contribution in [0.3, 0.4) is 0 Å². The monoisotopic (exact) mass is 623 g/mol. The van der Waals surface area contributed by atoms with Gasteiger partial charge < -0.3 is 26.2 Å². The van der Waals surface area contributed by atoms with Crippen LogP contribution in [0, 0.1) is 19.0 Å². The highest BCUT2D eigenvalue weighted by Crippen LogP contribution is 2.52. The van der Waals surface area contributed by atoms with Crippen molar-refractivity contribution in [2.24, 2.45) is 17.6 Å². The van der Waals surface area contributed by atoms with Crippen LogP contribution in [0.5, 0.6) is 5.75 Å². The number of phenolic OH excluding ortho intramolecular Hbond substituents is 1. The zero-order valence-electron chi connectivity index (χ0n) is 14.7. The molecule has 4 rings (SSSR count). The molecule has 1 amide bonds. The molecule has 1 aromatic carbocycles. The summed E-state index contributed by atoms with van der Waals surface area (Å²) >= 11 is 3.96. The summed E-state index contributed by atoms with van der Waals surface area (Å²) in [6.07, 6.45) is 0.216. The summed E-state index contributed by atoms with van der Waals surface area (Å²) in [4.78, 5) is 37.7. The molecule has 0 fully saturated rings. The lowest BCUT2D eigenvalue weighted by Gasteiger charge is -2.45. The number of fused-ring (bicyclic) bond motifs is 3. The molecule has 1 aromatic rings. The van der Waals surface area contributed by atoms with Crippen molar-refractivity contribution in [2.45, 2.75) is 24.9 Å². The van der Waals surface area contributed by atoms with Crippen LogP contribution < -0.4 is 5.73 Å². The van der Waals surface area contributed by atoms with Crippen molar-refractivity contribution in [3.8, 4) is 5.75 Å². The number of ketones is 2. The number of carbonyl (C=O) groups is 3. The molecule has 10 heteroatoms. The van der Waals surface area contributed by atoms with Crippen LogP contribution in [0.2, 0.25) is 0 Å². The van der Waals surface area contributed by atoms with E-state index in [0.717, 1.165) is 3.57 Å². The fourth-order valence-electron chi connectivity index (χ4n) is 4.61. The van der Waals surface area contributed by atoms with Gasteiger partial charge in [-0.3, -0.25) is 14.4 Å². The van der Waals surface area contributed by atoms with E-state index >= 15 is 0 Å². The van der Waals surface area contributed by atoms with E-state index in [2.05, 4.69) is 22.6 Å². The Morgan fingerprint density at radius 3 is 2.41 bits per heavy atom. The molecule has 0 unspecified atom stereocenters. The van der Waals surface area contributed by atoms with Crippen molar-refractivity contribution >= 4 is 62.7 Å². The van der Waals surface area contributed by atoms with Crippen LogP contribution in [-0.4, -0.2) is 43.5 Å². The van der Waals surface area contributed by atoms with Crippen molar-refractivity contribution < 1.29 is 34.8 Å². The van der Waals surface area contributed by atoms with Crippen molar-refractivity contribution in [3.05, 3.63) is 47.0 Å². The molecular weight excluding hydrogens is 608 g/mol. The van der Waals surface area contributed by atoms with Gasteiger partial charge in [0.05, 0.1) is 9.13 Å². The van der Waals surface area contributed by atoms with Gasteiger partial charge in [-0.25, -0.2) is 0 Å². The second-order valence-electron chi connectivity index (χ2n) is 7.45. The van der Waals surface area contributed by atoms with Gasteiger partial charge in [-0.05, 0) is 75.6 Å². The zero-order valence-corrected chi connectivity index (χ0v) is 19.0. The largest absolute Gasteiger partial charge is 0.511 e. The molecule has 0 aromatic heterocycles. The third-order valence-electron chi connectivity index (χ3n) is 5.96. The van der Waals surface area contributed by atoms with Crippen LogP contribution >= 0.6 is 45.2 Å². The van der Waals surface area contributed by atoms with Crippen LogP contribution in [0.15, 0.2) is 28.7 Å². The number of carbonyl (C=O) groups excluding carboxylic acids is 3.